The van der Waals surface area contributed by atoms with Crippen molar-refractivity contribution in [1.82, 2.24) is 24.8 Å². The molecule has 1 fully saturated rings. The zero-order valence-corrected chi connectivity index (χ0v) is 14.4. The molecule has 7 heteroatoms. The summed E-state index contributed by atoms with van der Waals surface area (Å²) in [5.74, 6) is 1.26. The summed E-state index contributed by atoms with van der Waals surface area (Å²) in [6.07, 6.45) is 6.19. The number of aromatic nitrogens is 4. The maximum atomic E-state index is 12.6. The van der Waals surface area contributed by atoms with Gasteiger partial charge in [0.2, 0.25) is 5.91 Å². The largest absolute Gasteiger partial charge is 0.348 e. The summed E-state index contributed by atoms with van der Waals surface area (Å²) in [7, 11) is 0. The summed E-state index contributed by atoms with van der Waals surface area (Å²) in [6.45, 7) is 1.44. The molecule has 4 rings (SSSR count). The Morgan fingerprint density at radius 3 is 3.04 bits per heavy atom. The molecular formula is C19H21N5O2. The predicted octanol–water partition coefficient (Wildman–Crippen LogP) is 1.98. The maximum Gasteiger partial charge on any atom is 0.270 e. The fourth-order valence-electron chi connectivity index (χ4n) is 3.55. The van der Waals surface area contributed by atoms with E-state index >= 15 is 0 Å². The standard InChI is InChI=1S/C19H21N5O2/c25-17(24-11-3-4-13(12-24)18-20-9-10-21-18)8-7-16-19(26)23-15-6-2-1-5-14(15)22-16/h1-2,5-6,9-10,13H,3-4,7-8,11-12H2,(H,20,21)(H,23,26)/t13-/m0/s1. The van der Waals surface area contributed by atoms with Gasteiger partial charge in [-0.2, -0.15) is 0 Å². The van der Waals surface area contributed by atoms with Gasteiger partial charge in [-0.05, 0) is 25.0 Å². The molecule has 2 aromatic heterocycles. The second-order valence-electron chi connectivity index (χ2n) is 6.68. The van der Waals surface area contributed by atoms with E-state index in [0.717, 1.165) is 30.7 Å². The number of imidazole rings is 1. The second-order valence-corrected chi connectivity index (χ2v) is 6.68. The number of amides is 1. The summed E-state index contributed by atoms with van der Waals surface area (Å²) < 4.78 is 0. The van der Waals surface area contributed by atoms with Crippen molar-refractivity contribution in [3.63, 3.8) is 0 Å². The molecule has 3 aromatic rings. The van der Waals surface area contributed by atoms with Gasteiger partial charge in [0.05, 0.1) is 11.0 Å². The summed E-state index contributed by atoms with van der Waals surface area (Å²) in [5.41, 5.74) is 1.65. The van der Waals surface area contributed by atoms with Crippen molar-refractivity contribution in [1.29, 1.82) is 0 Å². The van der Waals surface area contributed by atoms with Crippen LogP contribution in [0.1, 0.15) is 36.7 Å². The monoisotopic (exact) mass is 351 g/mol. The molecule has 0 saturated carbocycles. The van der Waals surface area contributed by atoms with E-state index in [1.54, 1.807) is 6.20 Å². The van der Waals surface area contributed by atoms with Crippen LogP contribution in [0.4, 0.5) is 0 Å². The zero-order valence-electron chi connectivity index (χ0n) is 14.4. The zero-order chi connectivity index (χ0) is 17.9. The normalized spacial score (nSPS) is 17.5. The summed E-state index contributed by atoms with van der Waals surface area (Å²) in [4.78, 5) is 41.4. The number of rotatable bonds is 4. The van der Waals surface area contributed by atoms with Crippen LogP contribution in [0.2, 0.25) is 0 Å². The Kier molecular flexibility index (Phi) is 4.51. The van der Waals surface area contributed by atoms with Crippen molar-refractivity contribution in [2.75, 3.05) is 13.1 Å². The van der Waals surface area contributed by atoms with Gasteiger partial charge >= 0.3 is 0 Å². The third-order valence-electron chi connectivity index (χ3n) is 4.93. The van der Waals surface area contributed by atoms with Crippen molar-refractivity contribution in [2.24, 2.45) is 0 Å². The molecule has 2 N–H and O–H groups in total. The van der Waals surface area contributed by atoms with Crippen molar-refractivity contribution >= 4 is 16.9 Å². The molecule has 0 unspecified atom stereocenters. The van der Waals surface area contributed by atoms with Crippen LogP contribution in [0.15, 0.2) is 41.5 Å². The molecule has 1 aromatic carbocycles. The molecule has 0 bridgehead atoms. The van der Waals surface area contributed by atoms with E-state index in [1.165, 1.54) is 0 Å². The third-order valence-corrected chi connectivity index (χ3v) is 4.93. The smallest absolute Gasteiger partial charge is 0.270 e. The lowest BCUT2D eigenvalue weighted by molar-refractivity contribution is -0.132. The van der Waals surface area contributed by atoms with Crippen LogP contribution in [0.25, 0.3) is 11.0 Å². The molecule has 0 aliphatic carbocycles. The van der Waals surface area contributed by atoms with Gasteiger partial charge in [-0.3, -0.25) is 9.59 Å². The molecular weight excluding hydrogens is 330 g/mol. The number of likely N-dealkylation sites (tertiary alicyclic amines) is 1. The number of benzene rings is 1. The molecule has 0 radical (unpaired) electrons. The van der Waals surface area contributed by atoms with Crippen molar-refractivity contribution in [3.8, 4) is 0 Å². The van der Waals surface area contributed by atoms with Crippen LogP contribution >= 0.6 is 0 Å². The first-order valence-corrected chi connectivity index (χ1v) is 8.95. The van der Waals surface area contributed by atoms with Crippen molar-refractivity contribution < 1.29 is 4.79 Å². The van der Waals surface area contributed by atoms with Gasteiger partial charge in [-0.1, -0.05) is 12.1 Å². The van der Waals surface area contributed by atoms with Gasteiger partial charge in [0.1, 0.15) is 11.5 Å². The first kappa shape index (κ1) is 16.5. The van der Waals surface area contributed by atoms with Gasteiger partial charge in [-0.25, -0.2) is 9.97 Å². The number of carbonyl (C=O) groups is 1. The average molecular weight is 351 g/mol. The third kappa shape index (κ3) is 3.37. The van der Waals surface area contributed by atoms with E-state index in [2.05, 4.69) is 19.9 Å². The Bertz CT molecular complexity index is 963. The Morgan fingerprint density at radius 1 is 1.31 bits per heavy atom. The molecule has 1 atom stereocenters. The summed E-state index contributed by atoms with van der Waals surface area (Å²) >= 11 is 0. The van der Waals surface area contributed by atoms with E-state index < -0.39 is 0 Å². The van der Waals surface area contributed by atoms with Crippen molar-refractivity contribution in [2.45, 2.75) is 31.6 Å². The summed E-state index contributed by atoms with van der Waals surface area (Å²) in [6, 6.07) is 7.41. The lowest BCUT2D eigenvalue weighted by Gasteiger charge is -2.32. The number of hydrogen-bond donors (Lipinski definition) is 2. The van der Waals surface area contributed by atoms with Crippen LogP contribution in [0.5, 0.6) is 0 Å². The average Bonchev–Trinajstić information content (AvgIpc) is 3.21. The molecule has 1 amide bonds. The second kappa shape index (κ2) is 7.11. The van der Waals surface area contributed by atoms with Crippen molar-refractivity contribution in [3.05, 3.63) is 58.5 Å². The van der Waals surface area contributed by atoms with Crippen LogP contribution in [-0.2, 0) is 11.2 Å². The topological polar surface area (TPSA) is 94.7 Å². The number of H-pyrrole nitrogens is 2. The highest BCUT2D eigenvalue weighted by Gasteiger charge is 2.26. The van der Waals surface area contributed by atoms with Crippen LogP contribution in [0.3, 0.4) is 0 Å². The van der Waals surface area contributed by atoms with Gasteiger partial charge < -0.3 is 14.9 Å². The van der Waals surface area contributed by atoms with E-state index in [-0.39, 0.29) is 17.4 Å². The Hall–Kier alpha value is -2.96. The maximum absolute atomic E-state index is 12.6. The Morgan fingerprint density at radius 2 is 2.19 bits per heavy atom. The highest BCUT2D eigenvalue weighted by Crippen LogP contribution is 2.24. The first-order chi connectivity index (χ1) is 12.7. The minimum atomic E-state index is -0.219. The van der Waals surface area contributed by atoms with Gasteiger partial charge in [0.15, 0.2) is 0 Å². The number of aryl methyl sites for hydroxylation is 1. The van der Waals surface area contributed by atoms with Gasteiger partial charge in [0.25, 0.3) is 5.56 Å². The van der Waals surface area contributed by atoms with E-state index in [1.807, 2.05) is 35.4 Å². The minimum Gasteiger partial charge on any atom is -0.348 e. The first-order valence-electron chi connectivity index (χ1n) is 8.95. The number of nitrogens with one attached hydrogen (secondary N) is 2. The minimum absolute atomic E-state index is 0.0654. The number of nitrogens with zero attached hydrogens (tertiary/aromatic N) is 3. The fraction of sp³-hybridized carbons (Fsp3) is 0.368. The highest BCUT2D eigenvalue weighted by atomic mass is 16.2. The van der Waals surface area contributed by atoms with E-state index in [9.17, 15) is 9.59 Å². The lowest BCUT2D eigenvalue weighted by atomic mass is 9.97. The quantitative estimate of drug-likeness (QED) is 0.751. The fourth-order valence-corrected chi connectivity index (χ4v) is 3.55. The molecule has 26 heavy (non-hydrogen) atoms. The SMILES string of the molecule is O=C(CCc1nc2ccccc2[nH]c1=O)N1CCC[C@H](c2ncc[nH]2)C1. The molecule has 1 aliphatic heterocycles. The molecule has 134 valence electrons. The molecule has 3 heterocycles. The molecule has 7 nitrogen and oxygen atoms in total. The molecule has 0 spiro atoms. The summed E-state index contributed by atoms with van der Waals surface area (Å²) in [5, 5.41) is 0. The van der Waals surface area contributed by atoms with Crippen LogP contribution in [0, 0.1) is 0 Å². The van der Waals surface area contributed by atoms with Gasteiger partial charge in [-0.15, -0.1) is 0 Å². The number of para-hydroxylation sites is 2. The number of hydrogen-bond acceptors (Lipinski definition) is 4. The molecule has 1 aliphatic rings. The lowest BCUT2D eigenvalue weighted by Crippen LogP contribution is -2.39. The number of carbonyl (C=O) groups excluding carboxylic acids is 1. The number of aromatic amines is 2. The Labute approximate surface area is 150 Å². The number of fused-ring (bicyclic) bond motifs is 1. The molecule has 1 saturated heterocycles. The van der Waals surface area contributed by atoms with Crippen LogP contribution in [-0.4, -0.2) is 43.8 Å². The Balaban J connectivity index is 1.42. The predicted molar refractivity (Wildman–Crippen MR) is 97.8 cm³/mol. The highest BCUT2D eigenvalue weighted by molar-refractivity contribution is 5.77. The van der Waals surface area contributed by atoms with E-state index in [4.69, 9.17) is 0 Å². The number of piperidine rings is 1. The van der Waals surface area contributed by atoms with E-state index in [0.29, 0.717) is 30.6 Å². The van der Waals surface area contributed by atoms with Gasteiger partial charge in [0, 0.05) is 44.2 Å². The van der Waals surface area contributed by atoms with Crippen LogP contribution < -0.4 is 5.56 Å².